The zero-order valence-electron chi connectivity index (χ0n) is 14.7. The third kappa shape index (κ3) is 4.51. The summed E-state index contributed by atoms with van der Waals surface area (Å²) in [6, 6.07) is 9.28. The Balaban J connectivity index is 2.01. The number of aromatic nitrogens is 1. The summed E-state index contributed by atoms with van der Waals surface area (Å²) in [4.78, 5) is 15.3. The quantitative estimate of drug-likeness (QED) is 0.277. The number of hydrogen-bond donors (Lipinski definition) is 3. The first-order valence-electron chi connectivity index (χ1n) is 8.28. The first-order valence-corrected chi connectivity index (χ1v) is 10.4. The van der Waals surface area contributed by atoms with Crippen LogP contribution in [-0.4, -0.2) is 31.0 Å². The molecule has 148 valence electrons. The van der Waals surface area contributed by atoms with Crippen LogP contribution in [0.25, 0.3) is 22.2 Å². The van der Waals surface area contributed by atoms with Crippen LogP contribution in [0.1, 0.15) is 23.9 Å². The monoisotopic (exact) mass is 468 g/mol. The van der Waals surface area contributed by atoms with Gasteiger partial charge in [0.2, 0.25) is 22.4 Å². The maximum absolute atomic E-state index is 11.5. The molecule has 8 nitrogen and oxygen atoms in total. The molecule has 0 amide bonds. The van der Waals surface area contributed by atoms with E-state index in [9.17, 15) is 18.3 Å². The number of pyridine rings is 1. The molecule has 3 aromatic rings. The summed E-state index contributed by atoms with van der Waals surface area (Å²) in [5.74, 6) is -0.768. The molecule has 2 heterocycles. The molecule has 2 N–H and O–H groups in total. The van der Waals surface area contributed by atoms with Gasteiger partial charge in [0.1, 0.15) is 0 Å². The number of rotatable bonds is 7. The Hall–Kier alpha value is -2.43. The van der Waals surface area contributed by atoms with E-state index in [4.69, 9.17) is 9.15 Å². The molecule has 2 aromatic heterocycles. The summed E-state index contributed by atoms with van der Waals surface area (Å²) < 4.78 is 34.5. The number of nitrogens with one attached hydrogen (secondary N) is 1. The summed E-state index contributed by atoms with van der Waals surface area (Å²) in [6.07, 6.45) is 1.86. The van der Waals surface area contributed by atoms with Gasteiger partial charge in [-0.25, -0.2) is 13.1 Å². The lowest BCUT2D eigenvalue weighted by Crippen LogP contribution is -2.14. The maximum Gasteiger partial charge on any atom is 0.308 e. The second-order valence-electron chi connectivity index (χ2n) is 5.90. The normalized spacial score (nSPS) is 12.4. The van der Waals surface area contributed by atoms with Crippen LogP contribution in [0, 0.1) is 0 Å². The van der Waals surface area contributed by atoms with Crippen molar-refractivity contribution in [3.8, 4) is 22.8 Å². The molecule has 0 bridgehead atoms. The van der Waals surface area contributed by atoms with Gasteiger partial charge in [0, 0.05) is 30.6 Å². The van der Waals surface area contributed by atoms with E-state index in [2.05, 4.69) is 25.6 Å². The molecule has 0 spiro atoms. The van der Waals surface area contributed by atoms with Crippen LogP contribution < -0.4 is 9.46 Å². The number of fused-ring (bicyclic) bond motifs is 1. The lowest BCUT2D eigenvalue weighted by molar-refractivity contribution is -0.132. The molecule has 10 heteroatoms. The molecule has 1 aromatic carbocycles. The molecule has 0 saturated heterocycles. The summed E-state index contributed by atoms with van der Waals surface area (Å²) in [5, 5.41) is 11.5. The highest BCUT2D eigenvalue weighted by Gasteiger charge is 2.28. The predicted octanol–water partition coefficient (Wildman–Crippen LogP) is 3.07. The Kier molecular flexibility index (Phi) is 6.32. The van der Waals surface area contributed by atoms with Gasteiger partial charge in [-0.05, 0) is 18.6 Å². The van der Waals surface area contributed by atoms with Crippen LogP contribution in [0.3, 0.4) is 0 Å². The number of thiol groups is 1. The van der Waals surface area contributed by atoms with Gasteiger partial charge in [0.25, 0.3) is 0 Å². The van der Waals surface area contributed by atoms with Gasteiger partial charge in [0.05, 0.1) is 10.3 Å². The molecule has 0 fully saturated rings. The van der Waals surface area contributed by atoms with Gasteiger partial charge in [-0.15, -0.1) is 0 Å². The van der Waals surface area contributed by atoms with E-state index in [0.29, 0.717) is 12.0 Å². The minimum Gasteiger partial charge on any atom is -0.502 e. The summed E-state index contributed by atoms with van der Waals surface area (Å²) in [7, 11) is -2.72. The molecule has 0 saturated carbocycles. The Morgan fingerprint density at radius 1 is 1.39 bits per heavy atom. The maximum atomic E-state index is 11.5. The van der Waals surface area contributed by atoms with Crippen molar-refractivity contribution >= 4 is 43.7 Å². The fourth-order valence-electron chi connectivity index (χ4n) is 2.68. The Morgan fingerprint density at radius 2 is 2.14 bits per heavy atom. The number of halogens is 1. The molecule has 0 aliphatic heterocycles. The number of para-hydroxylation sites is 1. The molecular weight excluding hydrogens is 452 g/mol. The van der Waals surface area contributed by atoms with Crippen molar-refractivity contribution in [1.82, 2.24) is 9.71 Å². The van der Waals surface area contributed by atoms with E-state index in [0.717, 1.165) is 10.9 Å². The number of aromatic hydroxyl groups is 1. The van der Waals surface area contributed by atoms with E-state index in [1.54, 1.807) is 12.3 Å². The van der Waals surface area contributed by atoms with E-state index in [1.807, 2.05) is 24.3 Å². The second kappa shape index (κ2) is 8.72. The lowest BCUT2D eigenvalue weighted by atomic mass is 10.1. The standard InChI is InChI=1S/C18H17BrN2O6S/c1-10(22)26-18-15(23)16(27-17(18)13(19)6-7-21-28(24)25)12-8-11-4-2-3-5-14(11)20-9-12/h2-5,8-9,13,23,28H,6-7H2,1H3,(H,21,24,25). The van der Waals surface area contributed by atoms with E-state index >= 15 is 0 Å². The molecule has 28 heavy (non-hydrogen) atoms. The Labute approximate surface area is 170 Å². The van der Waals surface area contributed by atoms with Crippen molar-refractivity contribution in [3.05, 3.63) is 42.3 Å². The minimum atomic E-state index is -2.72. The first kappa shape index (κ1) is 20.3. The fraction of sp³-hybridized carbons (Fsp3) is 0.222. The molecular formula is C18H17BrN2O6S. The van der Waals surface area contributed by atoms with Gasteiger partial charge in [-0.3, -0.25) is 9.78 Å². The van der Waals surface area contributed by atoms with Crippen molar-refractivity contribution in [1.29, 1.82) is 0 Å². The number of benzene rings is 1. The Bertz CT molecular complexity index is 1090. The van der Waals surface area contributed by atoms with Crippen molar-refractivity contribution in [2.45, 2.75) is 18.2 Å². The number of carbonyl (C=O) groups excluding carboxylic acids is 1. The average molecular weight is 469 g/mol. The zero-order valence-corrected chi connectivity index (χ0v) is 17.2. The van der Waals surface area contributed by atoms with E-state index in [-0.39, 0.29) is 29.6 Å². The van der Waals surface area contributed by atoms with Gasteiger partial charge in [-0.2, -0.15) is 0 Å². The average Bonchev–Trinajstić information content (AvgIpc) is 2.97. The minimum absolute atomic E-state index is 0.107. The third-order valence-corrected chi connectivity index (χ3v) is 5.24. The number of ether oxygens (including phenoxy) is 1. The summed E-state index contributed by atoms with van der Waals surface area (Å²) in [5.41, 5.74) is 1.30. The fourth-order valence-corrected chi connectivity index (χ4v) is 3.52. The second-order valence-corrected chi connectivity index (χ2v) is 7.84. The van der Waals surface area contributed by atoms with Crippen molar-refractivity contribution < 1.29 is 27.5 Å². The molecule has 3 rings (SSSR count). The van der Waals surface area contributed by atoms with Crippen molar-refractivity contribution in [2.24, 2.45) is 0 Å². The van der Waals surface area contributed by atoms with Gasteiger partial charge < -0.3 is 14.3 Å². The van der Waals surface area contributed by atoms with E-state index < -0.39 is 21.7 Å². The number of carbonyl (C=O) groups is 1. The van der Waals surface area contributed by atoms with Crippen LogP contribution in [0.15, 0.2) is 40.9 Å². The van der Waals surface area contributed by atoms with Crippen molar-refractivity contribution in [2.75, 3.05) is 6.54 Å². The topological polar surface area (TPSA) is 119 Å². The van der Waals surface area contributed by atoms with Crippen LogP contribution >= 0.6 is 15.9 Å². The number of furan rings is 1. The largest absolute Gasteiger partial charge is 0.502 e. The highest BCUT2D eigenvalue weighted by Crippen LogP contribution is 2.48. The lowest BCUT2D eigenvalue weighted by Gasteiger charge is -2.08. The van der Waals surface area contributed by atoms with Crippen LogP contribution in [-0.2, 0) is 15.7 Å². The van der Waals surface area contributed by atoms with E-state index in [1.165, 1.54) is 6.92 Å². The molecule has 1 unspecified atom stereocenters. The third-order valence-electron chi connectivity index (χ3n) is 3.89. The highest BCUT2D eigenvalue weighted by atomic mass is 79.9. The first-order chi connectivity index (χ1) is 13.4. The molecule has 0 aliphatic carbocycles. The van der Waals surface area contributed by atoms with Crippen LogP contribution in [0.5, 0.6) is 11.5 Å². The molecule has 0 aliphatic rings. The van der Waals surface area contributed by atoms with Gasteiger partial charge >= 0.3 is 5.97 Å². The summed E-state index contributed by atoms with van der Waals surface area (Å²) >= 11 is 3.39. The van der Waals surface area contributed by atoms with Gasteiger partial charge in [0.15, 0.2) is 11.5 Å². The number of esters is 1. The Morgan fingerprint density at radius 3 is 2.86 bits per heavy atom. The van der Waals surface area contributed by atoms with Crippen LogP contribution in [0.2, 0.25) is 0 Å². The predicted molar refractivity (Wildman–Crippen MR) is 107 cm³/mol. The van der Waals surface area contributed by atoms with Gasteiger partial charge in [-0.1, -0.05) is 34.1 Å². The SMILES string of the molecule is CC(=O)Oc1c(C(Br)CCN[SH](=O)=O)oc(-c2cnc3ccccc3c2)c1O. The van der Waals surface area contributed by atoms with Crippen LogP contribution in [0.4, 0.5) is 0 Å². The smallest absolute Gasteiger partial charge is 0.308 e. The zero-order chi connectivity index (χ0) is 20.3. The number of alkyl halides is 1. The molecule has 0 radical (unpaired) electrons. The summed E-state index contributed by atoms with van der Waals surface area (Å²) in [6.45, 7) is 1.35. The number of hydrogen-bond acceptors (Lipinski definition) is 7. The highest BCUT2D eigenvalue weighted by molar-refractivity contribution is 9.09. The number of nitrogens with zero attached hydrogens (tertiary/aromatic N) is 1. The van der Waals surface area contributed by atoms with Crippen molar-refractivity contribution in [3.63, 3.8) is 0 Å². The molecule has 1 atom stereocenters.